The first kappa shape index (κ1) is 17.6. The minimum absolute atomic E-state index is 0.0904. The number of benzene rings is 1. The molecule has 1 aromatic heterocycles. The molecule has 7 heteroatoms. The van der Waals surface area contributed by atoms with Crippen molar-refractivity contribution in [3.8, 4) is 5.69 Å². The summed E-state index contributed by atoms with van der Waals surface area (Å²) < 4.78 is 1.57. The van der Waals surface area contributed by atoms with Gasteiger partial charge in [0.2, 0.25) is 0 Å². The Morgan fingerprint density at radius 3 is 2.63 bits per heavy atom. The van der Waals surface area contributed by atoms with Gasteiger partial charge >= 0.3 is 6.03 Å². The van der Waals surface area contributed by atoms with Crippen molar-refractivity contribution in [2.75, 3.05) is 0 Å². The van der Waals surface area contributed by atoms with Crippen LogP contribution < -0.4 is 16.2 Å². The van der Waals surface area contributed by atoms with Gasteiger partial charge in [0.05, 0.1) is 29.4 Å². The van der Waals surface area contributed by atoms with E-state index in [2.05, 4.69) is 27.6 Å². The number of hydrogen-bond donors (Lipinski definition) is 3. The van der Waals surface area contributed by atoms with Crippen LogP contribution >= 0.6 is 0 Å². The van der Waals surface area contributed by atoms with E-state index in [0.29, 0.717) is 5.56 Å². The van der Waals surface area contributed by atoms with E-state index in [0.717, 1.165) is 36.2 Å². The molecule has 4 rings (SSSR count). The van der Waals surface area contributed by atoms with E-state index >= 15 is 0 Å². The van der Waals surface area contributed by atoms with Crippen LogP contribution in [0.15, 0.2) is 28.0 Å². The summed E-state index contributed by atoms with van der Waals surface area (Å²) in [5.41, 5.74) is 4.46. The number of fused-ring (bicyclic) bond motifs is 1. The highest BCUT2D eigenvalue weighted by Crippen LogP contribution is 2.24. The van der Waals surface area contributed by atoms with Crippen LogP contribution in [0.2, 0.25) is 0 Å². The van der Waals surface area contributed by atoms with Crippen LogP contribution in [0.5, 0.6) is 0 Å². The predicted molar refractivity (Wildman–Crippen MR) is 105 cm³/mol. The molecule has 2 aliphatic rings. The second-order valence-electron chi connectivity index (χ2n) is 7.64. The summed E-state index contributed by atoms with van der Waals surface area (Å²) in [6, 6.07) is 6.33. The van der Waals surface area contributed by atoms with E-state index in [1.165, 1.54) is 5.56 Å². The number of nitrogens with zero attached hydrogens (tertiary/aromatic N) is 2. The summed E-state index contributed by atoms with van der Waals surface area (Å²) in [5, 5.41) is 9.04. The minimum atomic E-state index is -0.0935. The molecule has 3 N–H and O–H groups in total. The summed E-state index contributed by atoms with van der Waals surface area (Å²) >= 11 is 0. The smallest absolute Gasteiger partial charge is 0.315 e. The van der Waals surface area contributed by atoms with Gasteiger partial charge in [-0.2, -0.15) is 0 Å². The zero-order chi connectivity index (χ0) is 19.1. The van der Waals surface area contributed by atoms with Gasteiger partial charge in [0.25, 0.3) is 5.56 Å². The van der Waals surface area contributed by atoms with Crippen LogP contribution in [0.25, 0.3) is 5.69 Å². The number of urea groups is 1. The first-order chi connectivity index (χ1) is 12.9. The highest BCUT2D eigenvalue weighted by atomic mass is 16.2. The molecule has 2 heterocycles. The van der Waals surface area contributed by atoms with Crippen LogP contribution in [-0.2, 0) is 0 Å². The van der Waals surface area contributed by atoms with Crippen LogP contribution in [0.1, 0.15) is 41.6 Å². The van der Waals surface area contributed by atoms with E-state index < -0.39 is 0 Å². The quantitative estimate of drug-likeness (QED) is 0.725. The first-order valence-electron chi connectivity index (χ1n) is 9.42. The van der Waals surface area contributed by atoms with E-state index in [1.54, 1.807) is 10.9 Å². The lowest BCUT2D eigenvalue weighted by molar-refractivity contribution is 0.247. The van der Waals surface area contributed by atoms with Gasteiger partial charge in [-0.05, 0) is 63.3 Å². The standard InChI is InChI=1S/C20H25N5O2/c1-11-4-6-15(8-12(11)2)25-19(26)16(13(3)24-25)10-21-14-5-7-17-18(9-14)23-20(27)22-17/h4,6,8,10,14,17-18,24H,5,7,9H2,1-3H3,(H2,22,23,27). The monoisotopic (exact) mass is 367 g/mol. The normalized spacial score (nSPS) is 24.7. The van der Waals surface area contributed by atoms with Crippen molar-refractivity contribution >= 4 is 12.2 Å². The Hall–Kier alpha value is -2.83. The molecule has 2 fully saturated rings. The average molecular weight is 367 g/mol. The fourth-order valence-corrected chi connectivity index (χ4v) is 3.93. The van der Waals surface area contributed by atoms with Crippen LogP contribution in [0.3, 0.4) is 0 Å². The number of rotatable bonds is 3. The third-order valence-electron chi connectivity index (χ3n) is 5.74. The number of carbonyl (C=O) groups excluding carboxylic acids is 1. The number of carbonyl (C=O) groups is 1. The lowest BCUT2D eigenvalue weighted by Crippen LogP contribution is -2.40. The molecular formula is C20H25N5O2. The van der Waals surface area contributed by atoms with Gasteiger partial charge in [-0.25, -0.2) is 9.48 Å². The Morgan fingerprint density at radius 1 is 1.07 bits per heavy atom. The summed E-state index contributed by atoms with van der Waals surface area (Å²) in [4.78, 5) is 29.0. The van der Waals surface area contributed by atoms with Gasteiger partial charge in [0.15, 0.2) is 0 Å². The van der Waals surface area contributed by atoms with Crippen LogP contribution in [0, 0.1) is 20.8 Å². The molecule has 1 aromatic carbocycles. The number of aliphatic imine (C=N–C) groups is 1. The first-order valence-corrected chi connectivity index (χ1v) is 9.42. The number of aryl methyl sites for hydroxylation is 3. The third kappa shape index (κ3) is 3.29. The second-order valence-corrected chi connectivity index (χ2v) is 7.64. The molecule has 142 valence electrons. The largest absolute Gasteiger partial charge is 0.333 e. The van der Waals surface area contributed by atoms with Gasteiger partial charge in [0, 0.05) is 11.9 Å². The lowest BCUT2D eigenvalue weighted by atomic mass is 9.88. The SMILES string of the molecule is Cc1ccc(-n2[nH]c(C)c(C=NC3CCC4NC(=O)NC4C3)c2=O)cc1C. The van der Waals surface area contributed by atoms with Gasteiger partial charge in [-0.1, -0.05) is 6.07 Å². The molecule has 1 aliphatic heterocycles. The Balaban J connectivity index is 1.55. The molecule has 1 saturated carbocycles. The third-order valence-corrected chi connectivity index (χ3v) is 5.74. The maximum absolute atomic E-state index is 12.9. The Bertz CT molecular complexity index is 971. The van der Waals surface area contributed by atoms with E-state index in [-0.39, 0.29) is 29.7 Å². The molecule has 0 radical (unpaired) electrons. The Labute approximate surface area is 157 Å². The van der Waals surface area contributed by atoms with E-state index in [9.17, 15) is 9.59 Å². The molecule has 7 nitrogen and oxygen atoms in total. The number of hydrogen-bond acceptors (Lipinski definition) is 3. The van der Waals surface area contributed by atoms with Crippen molar-refractivity contribution in [2.45, 2.75) is 58.2 Å². The molecule has 2 amide bonds. The fraction of sp³-hybridized carbons (Fsp3) is 0.450. The van der Waals surface area contributed by atoms with Crippen LogP contribution in [-0.4, -0.2) is 40.2 Å². The highest BCUT2D eigenvalue weighted by Gasteiger charge is 2.36. The molecule has 3 atom stereocenters. The maximum Gasteiger partial charge on any atom is 0.315 e. The predicted octanol–water partition coefficient (Wildman–Crippen LogP) is 2.11. The van der Waals surface area contributed by atoms with Crippen LogP contribution in [0.4, 0.5) is 4.79 Å². The molecule has 1 aliphatic carbocycles. The number of amides is 2. The van der Waals surface area contributed by atoms with Gasteiger partial charge in [-0.3, -0.25) is 14.9 Å². The lowest BCUT2D eigenvalue weighted by Gasteiger charge is -2.28. The zero-order valence-electron chi connectivity index (χ0n) is 15.9. The van der Waals surface area contributed by atoms with Crippen molar-refractivity contribution in [1.82, 2.24) is 20.4 Å². The number of aromatic nitrogens is 2. The molecule has 3 unspecified atom stereocenters. The van der Waals surface area contributed by atoms with Crippen molar-refractivity contribution < 1.29 is 4.79 Å². The van der Waals surface area contributed by atoms with Crippen molar-refractivity contribution in [3.63, 3.8) is 0 Å². The number of nitrogens with one attached hydrogen (secondary N) is 3. The molecule has 0 spiro atoms. The van der Waals surface area contributed by atoms with Gasteiger partial charge in [-0.15, -0.1) is 0 Å². The zero-order valence-corrected chi connectivity index (χ0v) is 15.9. The Morgan fingerprint density at radius 2 is 1.85 bits per heavy atom. The number of H-pyrrole nitrogens is 1. The highest BCUT2D eigenvalue weighted by molar-refractivity contribution is 5.81. The molecular weight excluding hydrogens is 342 g/mol. The molecule has 2 aromatic rings. The van der Waals surface area contributed by atoms with Crippen molar-refractivity contribution in [1.29, 1.82) is 0 Å². The maximum atomic E-state index is 12.9. The van der Waals surface area contributed by atoms with E-state index in [1.807, 2.05) is 32.0 Å². The minimum Gasteiger partial charge on any atom is -0.333 e. The van der Waals surface area contributed by atoms with Crippen molar-refractivity contribution in [2.24, 2.45) is 4.99 Å². The molecule has 27 heavy (non-hydrogen) atoms. The Kier molecular flexibility index (Phi) is 4.37. The summed E-state index contributed by atoms with van der Waals surface area (Å²) in [6.45, 7) is 5.98. The fourth-order valence-electron chi connectivity index (χ4n) is 3.93. The summed E-state index contributed by atoms with van der Waals surface area (Å²) in [5.74, 6) is 0. The van der Waals surface area contributed by atoms with Gasteiger partial charge in [0.1, 0.15) is 0 Å². The van der Waals surface area contributed by atoms with Gasteiger partial charge < -0.3 is 10.6 Å². The summed E-state index contributed by atoms with van der Waals surface area (Å²) in [6.07, 6.45) is 4.31. The number of aromatic amines is 1. The average Bonchev–Trinajstić information content (AvgIpc) is 3.14. The summed E-state index contributed by atoms with van der Waals surface area (Å²) in [7, 11) is 0. The molecule has 0 bridgehead atoms. The van der Waals surface area contributed by atoms with Crippen molar-refractivity contribution in [3.05, 3.63) is 50.9 Å². The topological polar surface area (TPSA) is 91.3 Å². The second kappa shape index (κ2) is 6.72. The van der Waals surface area contributed by atoms with E-state index in [4.69, 9.17) is 0 Å². The molecule has 1 saturated heterocycles.